The molecule has 35 heavy (non-hydrogen) atoms. The molecule has 1 saturated carbocycles. The van der Waals surface area contributed by atoms with Gasteiger partial charge in [0.1, 0.15) is 24.4 Å². The second kappa shape index (κ2) is 9.31. The highest BCUT2D eigenvalue weighted by Gasteiger charge is 2.39. The lowest BCUT2D eigenvalue weighted by atomic mass is 9.79. The Morgan fingerprint density at radius 2 is 2.03 bits per heavy atom. The molecule has 3 aromatic rings. The molecule has 0 spiro atoms. The molecule has 2 saturated heterocycles. The molecule has 2 aliphatic heterocycles. The molecular formula is C25H28FN5O3S. The van der Waals surface area contributed by atoms with Gasteiger partial charge in [-0.25, -0.2) is 14.4 Å². The van der Waals surface area contributed by atoms with E-state index in [2.05, 4.69) is 9.97 Å². The van der Waals surface area contributed by atoms with Crippen molar-refractivity contribution in [2.24, 2.45) is 5.92 Å². The normalized spacial score (nSPS) is 24.1. The van der Waals surface area contributed by atoms with Crippen molar-refractivity contribution in [1.29, 1.82) is 0 Å². The molecule has 8 nitrogen and oxygen atoms in total. The molecule has 0 radical (unpaired) electrons. The highest BCUT2D eigenvalue weighted by Crippen LogP contribution is 2.44. The van der Waals surface area contributed by atoms with Crippen LogP contribution in [-0.4, -0.2) is 69.3 Å². The van der Waals surface area contributed by atoms with Crippen molar-refractivity contribution in [3.8, 4) is 16.9 Å². The lowest BCUT2D eigenvalue weighted by Gasteiger charge is -2.39. The molecule has 3 fully saturated rings. The van der Waals surface area contributed by atoms with Crippen molar-refractivity contribution < 1.29 is 18.7 Å². The van der Waals surface area contributed by atoms with Crippen molar-refractivity contribution >= 4 is 34.5 Å². The molecule has 4 heterocycles. The lowest BCUT2D eigenvalue weighted by molar-refractivity contribution is -0.139. The number of nitrogens with zero attached hydrogens (tertiary/aromatic N) is 4. The second-order valence-corrected chi connectivity index (χ2v) is 10.6. The topological polar surface area (TPSA) is 95.5 Å². The number of carbonyl (C=O) groups is 1. The lowest BCUT2D eigenvalue weighted by Crippen LogP contribution is -2.45. The molecule has 1 aromatic carbocycles. The number of aromatic nitrogens is 3. The minimum atomic E-state index is -0.446. The van der Waals surface area contributed by atoms with Gasteiger partial charge in [-0.3, -0.25) is 4.79 Å². The zero-order valence-electron chi connectivity index (χ0n) is 19.4. The number of thioether (sulfide) groups is 1. The van der Waals surface area contributed by atoms with E-state index in [0.717, 1.165) is 50.5 Å². The average molecular weight is 498 g/mol. The fourth-order valence-corrected chi connectivity index (χ4v) is 5.98. The number of anilines is 1. The van der Waals surface area contributed by atoms with Gasteiger partial charge in [0.15, 0.2) is 11.6 Å². The summed E-state index contributed by atoms with van der Waals surface area (Å²) in [6.07, 6.45) is 5.74. The summed E-state index contributed by atoms with van der Waals surface area (Å²) < 4.78 is 28.7. The second-order valence-electron chi connectivity index (χ2n) is 9.38. The summed E-state index contributed by atoms with van der Waals surface area (Å²) in [6.45, 7) is 2.70. The van der Waals surface area contributed by atoms with E-state index in [1.54, 1.807) is 18.2 Å². The summed E-state index contributed by atoms with van der Waals surface area (Å²) in [5.41, 5.74) is 7.93. The van der Waals surface area contributed by atoms with Crippen LogP contribution in [0.1, 0.15) is 25.3 Å². The van der Waals surface area contributed by atoms with E-state index in [1.807, 2.05) is 27.4 Å². The van der Waals surface area contributed by atoms with Gasteiger partial charge in [-0.2, -0.15) is 11.8 Å². The monoisotopic (exact) mass is 497 g/mol. The number of halogens is 1. The van der Waals surface area contributed by atoms with Crippen molar-refractivity contribution in [3.63, 3.8) is 0 Å². The Kier molecular flexibility index (Phi) is 6.01. The fraction of sp³-hybridized carbons (Fsp3) is 0.480. The number of nitrogen functional groups attached to an aromatic ring is 1. The van der Waals surface area contributed by atoms with Crippen molar-refractivity contribution in [1.82, 2.24) is 19.4 Å². The zero-order valence-corrected chi connectivity index (χ0v) is 20.2. The van der Waals surface area contributed by atoms with Crippen LogP contribution < -0.4 is 10.5 Å². The van der Waals surface area contributed by atoms with Crippen LogP contribution in [0.2, 0.25) is 0 Å². The van der Waals surface area contributed by atoms with Crippen LogP contribution in [0.15, 0.2) is 30.7 Å². The van der Waals surface area contributed by atoms with E-state index in [0.29, 0.717) is 34.6 Å². The number of nitrogens with two attached hydrogens (primary N) is 1. The Labute approximate surface area is 207 Å². The molecule has 2 aromatic heterocycles. The van der Waals surface area contributed by atoms with E-state index in [4.69, 9.17) is 15.2 Å². The van der Waals surface area contributed by atoms with Crippen LogP contribution >= 0.6 is 11.8 Å². The Balaban J connectivity index is 1.28. The molecule has 1 atom stereocenters. The number of hydrogen-bond acceptors (Lipinski definition) is 7. The maximum absolute atomic E-state index is 15.6. The quantitative estimate of drug-likeness (QED) is 0.557. The smallest absolute Gasteiger partial charge is 0.225 e. The molecule has 1 unspecified atom stereocenters. The molecular weight excluding hydrogens is 469 g/mol. The van der Waals surface area contributed by atoms with Gasteiger partial charge in [0.25, 0.3) is 0 Å². The van der Waals surface area contributed by atoms with Gasteiger partial charge in [0.05, 0.1) is 11.5 Å². The van der Waals surface area contributed by atoms with Gasteiger partial charge in [0.2, 0.25) is 5.91 Å². The molecule has 3 aliphatic rings. The predicted octanol–water partition coefficient (Wildman–Crippen LogP) is 3.51. The first-order chi connectivity index (χ1) is 17.1. The van der Waals surface area contributed by atoms with Gasteiger partial charge < -0.3 is 24.7 Å². The molecule has 1 amide bonds. The number of ether oxygens (including phenoxy) is 2. The van der Waals surface area contributed by atoms with Crippen LogP contribution in [0.5, 0.6) is 5.75 Å². The van der Waals surface area contributed by atoms with Crippen LogP contribution in [-0.2, 0) is 9.53 Å². The first-order valence-corrected chi connectivity index (χ1v) is 13.3. The summed E-state index contributed by atoms with van der Waals surface area (Å²) in [5, 5.41) is 0.619. The molecule has 2 N–H and O–H groups in total. The number of carbonyl (C=O) groups excluding carboxylic acids is 1. The fourth-order valence-electron chi connectivity index (χ4n) is 5.08. The van der Waals surface area contributed by atoms with Crippen molar-refractivity contribution in [2.75, 3.05) is 43.5 Å². The number of hydrogen-bond donors (Lipinski definition) is 1. The standard InChI is InChI=1S/C25H28FN5O3S/c26-22-18(2-1-3-20(22)34-13-17-4-7-33-17)19-12-31(24-21(19)23(27)28-14-29-24)16-10-15(11-16)25(32)30-5-8-35-9-6-30/h1-3,12,14-17H,4-11,13H2,(H2,27,28,29)/t15-,16+,17?. The van der Waals surface area contributed by atoms with Gasteiger partial charge >= 0.3 is 0 Å². The van der Waals surface area contributed by atoms with Gasteiger partial charge in [-0.05, 0) is 18.9 Å². The van der Waals surface area contributed by atoms with Gasteiger partial charge in [0, 0.05) is 66.9 Å². The average Bonchev–Trinajstić information content (AvgIpc) is 3.19. The summed E-state index contributed by atoms with van der Waals surface area (Å²) in [6, 6.07) is 5.22. The Bertz CT molecular complexity index is 1250. The molecule has 0 bridgehead atoms. The van der Waals surface area contributed by atoms with E-state index >= 15 is 4.39 Å². The van der Waals surface area contributed by atoms with E-state index in [9.17, 15) is 4.79 Å². The first-order valence-electron chi connectivity index (χ1n) is 12.1. The van der Waals surface area contributed by atoms with E-state index in [-0.39, 0.29) is 29.7 Å². The van der Waals surface area contributed by atoms with Crippen molar-refractivity contribution in [3.05, 3.63) is 36.5 Å². The Morgan fingerprint density at radius 1 is 1.23 bits per heavy atom. The van der Waals surface area contributed by atoms with E-state index < -0.39 is 5.82 Å². The zero-order chi connectivity index (χ0) is 23.9. The largest absolute Gasteiger partial charge is 0.488 e. The van der Waals surface area contributed by atoms with Crippen LogP contribution in [0.3, 0.4) is 0 Å². The van der Waals surface area contributed by atoms with Crippen LogP contribution in [0.4, 0.5) is 10.2 Å². The highest BCUT2D eigenvalue weighted by molar-refractivity contribution is 7.99. The van der Waals surface area contributed by atoms with Crippen molar-refractivity contribution in [2.45, 2.75) is 31.4 Å². The molecule has 10 heteroatoms. The molecule has 184 valence electrons. The van der Waals surface area contributed by atoms with Crippen LogP contribution in [0, 0.1) is 11.7 Å². The minimum Gasteiger partial charge on any atom is -0.488 e. The van der Waals surface area contributed by atoms with Crippen LogP contribution in [0.25, 0.3) is 22.2 Å². The third-order valence-corrected chi connectivity index (χ3v) is 8.23. The third kappa shape index (κ3) is 4.12. The predicted molar refractivity (Wildman–Crippen MR) is 133 cm³/mol. The SMILES string of the molecule is Nc1ncnc2c1c(-c1cccc(OCC3CCO3)c1F)cn2[C@H]1C[C@@H](C(=O)N2CCSCC2)C1. The number of rotatable bonds is 6. The number of benzene rings is 1. The summed E-state index contributed by atoms with van der Waals surface area (Å²) in [4.78, 5) is 23.6. The van der Waals surface area contributed by atoms with Gasteiger partial charge in [-0.15, -0.1) is 0 Å². The Morgan fingerprint density at radius 3 is 2.77 bits per heavy atom. The third-order valence-electron chi connectivity index (χ3n) is 7.29. The summed E-state index contributed by atoms with van der Waals surface area (Å²) in [5.74, 6) is 2.32. The molecule has 6 rings (SSSR count). The Hall–Kier alpha value is -2.85. The summed E-state index contributed by atoms with van der Waals surface area (Å²) in [7, 11) is 0. The first kappa shape index (κ1) is 22.6. The van der Waals surface area contributed by atoms with E-state index in [1.165, 1.54) is 6.33 Å². The summed E-state index contributed by atoms with van der Waals surface area (Å²) >= 11 is 1.89. The molecule has 1 aliphatic carbocycles. The van der Waals surface area contributed by atoms with Gasteiger partial charge in [-0.1, -0.05) is 12.1 Å². The minimum absolute atomic E-state index is 0.0157. The number of fused-ring (bicyclic) bond motifs is 1. The maximum Gasteiger partial charge on any atom is 0.225 e. The number of amides is 1. The highest BCUT2D eigenvalue weighted by atomic mass is 32.2. The maximum atomic E-state index is 15.6.